The maximum Gasteiger partial charge on any atom is 0.0634 e. The Morgan fingerprint density at radius 3 is 1.96 bits per heavy atom. The monoisotopic (exact) mass is 607 g/mol. The van der Waals surface area contributed by atoms with Gasteiger partial charge >= 0.3 is 0 Å². The van der Waals surface area contributed by atoms with E-state index in [0.29, 0.717) is 0 Å². The molecule has 0 aliphatic rings. The Balaban J connectivity index is 1.34. The maximum absolute atomic E-state index is 2.50. The lowest BCUT2D eigenvalue weighted by atomic mass is 9.97. The first-order chi connectivity index (χ1) is 22.3. The summed E-state index contributed by atoms with van der Waals surface area (Å²) in [6.45, 7) is 0. The Hall–Kier alpha value is -5.22. The summed E-state index contributed by atoms with van der Waals surface area (Å²) in [6.07, 6.45) is 0. The van der Waals surface area contributed by atoms with Gasteiger partial charge in [0.1, 0.15) is 0 Å². The lowest BCUT2D eigenvalue weighted by Gasteiger charge is -2.12. The average Bonchev–Trinajstić information content (AvgIpc) is 3.78. The summed E-state index contributed by atoms with van der Waals surface area (Å²) in [4.78, 5) is 0. The van der Waals surface area contributed by atoms with Crippen LogP contribution in [0.15, 0.2) is 152 Å². The summed E-state index contributed by atoms with van der Waals surface area (Å²) in [5.41, 5.74) is 8.70. The zero-order chi connectivity index (χ0) is 29.5. The lowest BCUT2D eigenvalue weighted by Crippen LogP contribution is -1.95. The number of benzene rings is 7. The highest BCUT2D eigenvalue weighted by Crippen LogP contribution is 2.48. The maximum atomic E-state index is 2.50. The molecule has 0 bridgehead atoms. The van der Waals surface area contributed by atoms with Gasteiger partial charge < -0.3 is 4.57 Å². The molecule has 0 amide bonds. The van der Waals surface area contributed by atoms with Crippen LogP contribution in [0.4, 0.5) is 0 Å². The van der Waals surface area contributed by atoms with Crippen molar-refractivity contribution in [2.24, 2.45) is 0 Å². The third-order valence-corrected chi connectivity index (χ3v) is 11.5. The Bertz CT molecular complexity index is 2760. The van der Waals surface area contributed by atoms with Gasteiger partial charge in [0, 0.05) is 62.4 Å². The van der Waals surface area contributed by atoms with Crippen LogP contribution >= 0.6 is 22.7 Å². The number of rotatable bonds is 3. The molecule has 3 heteroatoms. The standard InChI is InChI=1S/C42H25NS2/c1-2-11-26(12-3-1)27-13-10-14-29(23-27)43-36-18-7-4-15-30(36)35-25-33(42-40(41(35)43)32-17-6-9-20-38(32)45-42)28-21-22-39-34(24-28)31-16-5-8-19-37(31)44-39/h1-25H. The first-order valence-electron chi connectivity index (χ1n) is 15.3. The van der Waals surface area contributed by atoms with Crippen molar-refractivity contribution in [1.29, 1.82) is 0 Å². The predicted octanol–water partition coefficient (Wildman–Crippen LogP) is 12.9. The molecule has 0 N–H and O–H groups in total. The van der Waals surface area contributed by atoms with Gasteiger partial charge in [-0.3, -0.25) is 0 Å². The van der Waals surface area contributed by atoms with E-state index in [1.54, 1.807) is 0 Å². The van der Waals surface area contributed by atoms with E-state index in [1.807, 2.05) is 22.7 Å². The smallest absolute Gasteiger partial charge is 0.0634 e. The summed E-state index contributed by atoms with van der Waals surface area (Å²) < 4.78 is 7.83. The van der Waals surface area contributed by atoms with E-state index in [-0.39, 0.29) is 0 Å². The summed E-state index contributed by atoms with van der Waals surface area (Å²) in [5, 5.41) is 7.88. The summed E-state index contributed by atoms with van der Waals surface area (Å²) in [7, 11) is 0. The lowest BCUT2D eigenvalue weighted by molar-refractivity contribution is 1.19. The molecule has 1 nitrogen and oxygen atoms in total. The Kier molecular flexibility index (Phi) is 5.39. The van der Waals surface area contributed by atoms with Crippen LogP contribution in [0, 0.1) is 0 Å². The van der Waals surface area contributed by atoms with Crippen LogP contribution in [0.25, 0.3) is 90.1 Å². The number of nitrogens with zero attached hydrogens (tertiary/aromatic N) is 1. The zero-order valence-corrected chi connectivity index (χ0v) is 25.8. The molecule has 0 unspecified atom stereocenters. The Morgan fingerprint density at radius 1 is 0.400 bits per heavy atom. The fraction of sp³-hybridized carbons (Fsp3) is 0. The summed E-state index contributed by atoms with van der Waals surface area (Å²) in [6, 6.07) is 55.8. The van der Waals surface area contributed by atoms with Crippen molar-refractivity contribution in [3.05, 3.63) is 152 Å². The first kappa shape index (κ1) is 25.1. The third-order valence-electron chi connectivity index (χ3n) is 9.18. The van der Waals surface area contributed by atoms with E-state index < -0.39 is 0 Å². The highest BCUT2D eigenvalue weighted by molar-refractivity contribution is 7.26. The van der Waals surface area contributed by atoms with Crippen molar-refractivity contribution < 1.29 is 0 Å². The van der Waals surface area contributed by atoms with E-state index in [4.69, 9.17) is 0 Å². The molecule has 0 saturated carbocycles. The van der Waals surface area contributed by atoms with Gasteiger partial charge in [-0.25, -0.2) is 0 Å². The van der Waals surface area contributed by atoms with Gasteiger partial charge in [-0.2, -0.15) is 0 Å². The molecule has 10 aromatic rings. The van der Waals surface area contributed by atoms with E-state index in [1.165, 1.54) is 90.1 Å². The molecule has 0 spiro atoms. The van der Waals surface area contributed by atoms with Crippen molar-refractivity contribution >= 4 is 84.8 Å². The second kappa shape index (κ2) is 9.64. The number of fused-ring (bicyclic) bond motifs is 10. The average molecular weight is 608 g/mol. The van der Waals surface area contributed by atoms with E-state index in [0.717, 1.165) is 0 Å². The van der Waals surface area contributed by atoms with Crippen molar-refractivity contribution in [2.45, 2.75) is 0 Å². The van der Waals surface area contributed by atoms with E-state index in [2.05, 4.69) is 156 Å². The van der Waals surface area contributed by atoms with Gasteiger partial charge in [-0.05, 0) is 65.2 Å². The molecular formula is C42H25NS2. The summed E-state index contributed by atoms with van der Waals surface area (Å²) >= 11 is 3.79. The van der Waals surface area contributed by atoms with Crippen molar-refractivity contribution in [1.82, 2.24) is 4.57 Å². The fourth-order valence-electron chi connectivity index (χ4n) is 7.17. The summed E-state index contributed by atoms with van der Waals surface area (Å²) in [5.74, 6) is 0. The molecule has 7 aromatic carbocycles. The van der Waals surface area contributed by atoms with Crippen LogP contribution < -0.4 is 0 Å². The number of hydrogen-bond acceptors (Lipinski definition) is 2. The van der Waals surface area contributed by atoms with Crippen LogP contribution in [0.3, 0.4) is 0 Å². The Morgan fingerprint density at radius 2 is 1.09 bits per heavy atom. The van der Waals surface area contributed by atoms with Crippen molar-refractivity contribution in [2.75, 3.05) is 0 Å². The molecule has 0 radical (unpaired) electrons. The van der Waals surface area contributed by atoms with Crippen LogP contribution in [0.2, 0.25) is 0 Å². The van der Waals surface area contributed by atoms with Crippen LogP contribution in [-0.4, -0.2) is 4.57 Å². The van der Waals surface area contributed by atoms with E-state index in [9.17, 15) is 0 Å². The molecule has 0 aliphatic carbocycles. The van der Waals surface area contributed by atoms with Gasteiger partial charge in [0.05, 0.1) is 11.0 Å². The third kappa shape index (κ3) is 3.72. The quantitative estimate of drug-likeness (QED) is 0.188. The molecule has 45 heavy (non-hydrogen) atoms. The molecule has 210 valence electrons. The molecule has 3 aromatic heterocycles. The molecular weight excluding hydrogens is 583 g/mol. The number of thiophene rings is 2. The van der Waals surface area contributed by atoms with Crippen LogP contribution in [0.1, 0.15) is 0 Å². The Labute approximate surface area is 267 Å². The molecule has 10 rings (SSSR count). The van der Waals surface area contributed by atoms with Crippen LogP contribution in [-0.2, 0) is 0 Å². The van der Waals surface area contributed by atoms with Gasteiger partial charge in [0.25, 0.3) is 0 Å². The number of aromatic nitrogens is 1. The predicted molar refractivity (Wildman–Crippen MR) is 197 cm³/mol. The largest absolute Gasteiger partial charge is 0.309 e. The second-order valence-corrected chi connectivity index (χ2v) is 13.8. The normalized spacial score (nSPS) is 12.0. The van der Waals surface area contributed by atoms with Gasteiger partial charge in [-0.1, -0.05) is 103 Å². The molecule has 0 atom stereocenters. The number of para-hydroxylation sites is 1. The highest BCUT2D eigenvalue weighted by Gasteiger charge is 2.22. The van der Waals surface area contributed by atoms with Crippen molar-refractivity contribution in [3.63, 3.8) is 0 Å². The topological polar surface area (TPSA) is 4.93 Å². The minimum Gasteiger partial charge on any atom is -0.309 e. The van der Waals surface area contributed by atoms with Gasteiger partial charge in [0.2, 0.25) is 0 Å². The van der Waals surface area contributed by atoms with E-state index >= 15 is 0 Å². The highest BCUT2D eigenvalue weighted by atomic mass is 32.1. The first-order valence-corrected chi connectivity index (χ1v) is 16.9. The van der Waals surface area contributed by atoms with Crippen molar-refractivity contribution in [3.8, 4) is 27.9 Å². The second-order valence-electron chi connectivity index (χ2n) is 11.7. The minimum atomic E-state index is 1.18. The minimum absolute atomic E-state index is 1.18. The number of hydrogen-bond donors (Lipinski definition) is 0. The molecule has 3 heterocycles. The molecule has 0 saturated heterocycles. The fourth-order valence-corrected chi connectivity index (χ4v) is 9.50. The van der Waals surface area contributed by atoms with Gasteiger partial charge in [-0.15, -0.1) is 22.7 Å². The molecule has 0 fully saturated rings. The van der Waals surface area contributed by atoms with Gasteiger partial charge in [0.15, 0.2) is 0 Å². The SMILES string of the molecule is c1ccc(-c2cccc(-n3c4ccccc4c4cc(-c5ccc6sc7ccccc7c6c5)c5sc6ccccc6c5c43)c2)cc1. The zero-order valence-electron chi connectivity index (χ0n) is 24.2. The molecule has 0 aliphatic heterocycles. The van der Waals surface area contributed by atoms with Crippen LogP contribution in [0.5, 0.6) is 0 Å².